The van der Waals surface area contributed by atoms with Crippen molar-refractivity contribution in [1.82, 2.24) is 4.90 Å². The van der Waals surface area contributed by atoms with E-state index in [1.54, 1.807) is 0 Å². The minimum absolute atomic E-state index is 0.116. The summed E-state index contributed by atoms with van der Waals surface area (Å²) in [6, 6.07) is 18.2. The van der Waals surface area contributed by atoms with Gasteiger partial charge in [-0.3, -0.25) is 9.59 Å². The Morgan fingerprint density at radius 2 is 1.78 bits per heavy atom. The first-order chi connectivity index (χ1) is 13.2. The number of hydrogen-bond donors (Lipinski definition) is 0. The van der Waals surface area contributed by atoms with E-state index in [-0.39, 0.29) is 23.7 Å². The molecule has 4 rings (SSSR count). The van der Waals surface area contributed by atoms with Gasteiger partial charge >= 0.3 is 0 Å². The molecule has 1 saturated carbocycles. The number of hydrogen-bond acceptors (Lipinski definition) is 2. The fourth-order valence-electron chi connectivity index (χ4n) is 4.09. The first-order valence-electron chi connectivity index (χ1n) is 9.91. The zero-order valence-corrected chi connectivity index (χ0v) is 15.8. The van der Waals surface area contributed by atoms with E-state index in [0.29, 0.717) is 19.5 Å². The second kappa shape index (κ2) is 7.55. The van der Waals surface area contributed by atoms with E-state index in [2.05, 4.69) is 6.07 Å². The third kappa shape index (κ3) is 3.61. The lowest BCUT2D eigenvalue weighted by molar-refractivity contribution is -0.134. The van der Waals surface area contributed by atoms with Crippen LogP contribution in [0.3, 0.4) is 0 Å². The van der Waals surface area contributed by atoms with Crippen molar-refractivity contribution in [3.05, 3.63) is 65.7 Å². The lowest BCUT2D eigenvalue weighted by atomic mass is 10.0. The Hall–Kier alpha value is -2.62. The van der Waals surface area contributed by atoms with Gasteiger partial charge in [0, 0.05) is 25.3 Å². The second-order valence-electron chi connectivity index (χ2n) is 7.51. The van der Waals surface area contributed by atoms with Crippen LogP contribution >= 0.6 is 0 Å². The fourth-order valence-corrected chi connectivity index (χ4v) is 4.09. The normalized spacial score (nSPS) is 20.7. The van der Waals surface area contributed by atoms with Gasteiger partial charge < -0.3 is 9.80 Å². The Labute approximate surface area is 160 Å². The Morgan fingerprint density at radius 1 is 1.04 bits per heavy atom. The van der Waals surface area contributed by atoms with Crippen LogP contribution in [0.15, 0.2) is 54.6 Å². The fraction of sp³-hybridized carbons (Fsp3) is 0.391. The third-order valence-corrected chi connectivity index (χ3v) is 5.71. The number of benzene rings is 2. The van der Waals surface area contributed by atoms with Crippen molar-refractivity contribution in [3.8, 4) is 0 Å². The van der Waals surface area contributed by atoms with E-state index in [1.807, 2.05) is 65.3 Å². The number of anilines is 1. The molecule has 1 aliphatic carbocycles. The number of amides is 2. The monoisotopic (exact) mass is 362 g/mol. The van der Waals surface area contributed by atoms with Crippen molar-refractivity contribution in [2.75, 3.05) is 18.0 Å². The molecule has 140 valence electrons. The summed E-state index contributed by atoms with van der Waals surface area (Å²) < 4.78 is 0. The summed E-state index contributed by atoms with van der Waals surface area (Å²) in [5, 5.41) is 0. The maximum atomic E-state index is 13.1. The first kappa shape index (κ1) is 17.8. The topological polar surface area (TPSA) is 40.6 Å². The van der Waals surface area contributed by atoms with Gasteiger partial charge in [-0.2, -0.15) is 0 Å². The summed E-state index contributed by atoms with van der Waals surface area (Å²) in [7, 11) is 0. The number of aryl methyl sites for hydroxylation is 1. The van der Waals surface area contributed by atoms with Crippen LogP contribution in [-0.4, -0.2) is 29.8 Å². The molecular formula is C23H26N2O2. The van der Waals surface area contributed by atoms with Crippen molar-refractivity contribution in [2.45, 2.75) is 32.7 Å². The summed E-state index contributed by atoms with van der Waals surface area (Å²) in [5.74, 6) is -0.0787. The van der Waals surface area contributed by atoms with Gasteiger partial charge in [0.05, 0.1) is 11.8 Å². The predicted molar refractivity (Wildman–Crippen MR) is 106 cm³/mol. The zero-order valence-electron chi connectivity index (χ0n) is 15.8. The quantitative estimate of drug-likeness (QED) is 0.815. The molecular weight excluding hydrogens is 336 g/mol. The number of carbonyl (C=O) groups is 2. The molecule has 27 heavy (non-hydrogen) atoms. The molecule has 0 spiro atoms. The standard InChI is InChI=1S/C23H26N2O2/c1-2-24(16-17-9-4-3-5-10-17)22(26)19-15-20(19)23(27)25-14-8-12-18-11-6-7-13-21(18)25/h3-7,9-11,13,19-20H,2,8,12,14-16H2,1H3. The van der Waals surface area contributed by atoms with E-state index in [9.17, 15) is 9.59 Å². The zero-order chi connectivity index (χ0) is 18.8. The van der Waals surface area contributed by atoms with Crippen molar-refractivity contribution in [2.24, 2.45) is 11.8 Å². The van der Waals surface area contributed by atoms with Crippen LogP contribution < -0.4 is 4.90 Å². The molecule has 0 saturated heterocycles. The molecule has 0 bridgehead atoms. The third-order valence-electron chi connectivity index (χ3n) is 5.71. The van der Waals surface area contributed by atoms with Crippen LogP contribution in [0.2, 0.25) is 0 Å². The van der Waals surface area contributed by atoms with Crippen LogP contribution in [0.5, 0.6) is 0 Å². The van der Waals surface area contributed by atoms with Crippen molar-refractivity contribution < 1.29 is 9.59 Å². The average molecular weight is 362 g/mol. The molecule has 2 aliphatic rings. The van der Waals surface area contributed by atoms with Gasteiger partial charge in [-0.25, -0.2) is 0 Å². The van der Waals surface area contributed by atoms with Gasteiger partial charge in [-0.15, -0.1) is 0 Å². The first-order valence-corrected chi connectivity index (χ1v) is 9.91. The number of carbonyl (C=O) groups excluding carboxylic acids is 2. The van der Waals surface area contributed by atoms with Gasteiger partial charge in [0.15, 0.2) is 0 Å². The molecule has 2 unspecified atom stereocenters. The van der Waals surface area contributed by atoms with E-state index in [1.165, 1.54) is 5.56 Å². The van der Waals surface area contributed by atoms with Gasteiger partial charge in [0.2, 0.25) is 11.8 Å². The molecule has 0 N–H and O–H groups in total. The van der Waals surface area contributed by atoms with Crippen molar-refractivity contribution in [3.63, 3.8) is 0 Å². The van der Waals surface area contributed by atoms with Crippen LogP contribution in [0, 0.1) is 11.8 Å². The summed E-state index contributed by atoms with van der Waals surface area (Å²) in [5.41, 5.74) is 3.39. The maximum absolute atomic E-state index is 13.1. The summed E-state index contributed by atoms with van der Waals surface area (Å²) in [6.45, 7) is 4.04. The van der Waals surface area contributed by atoms with Crippen molar-refractivity contribution in [1.29, 1.82) is 0 Å². The van der Waals surface area contributed by atoms with E-state index >= 15 is 0 Å². The van der Waals surface area contributed by atoms with Crippen LogP contribution in [0.4, 0.5) is 5.69 Å². The number of rotatable bonds is 5. The number of para-hydroxylation sites is 1. The van der Waals surface area contributed by atoms with Crippen LogP contribution in [-0.2, 0) is 22.6 Å². The Kier molecular flexibility index (Phi) is 4.97. The Balaban J connectivity index is 1.43. The van der Waals surface area contributed by atoms with Gasteiger partial charge in [0.25, 0.3) is 0 Å². The SMILES string of the molecule is CCN(Cc1ccccc1)C(=O)C1CC1C(=O)N1CCCc2ccccc21. The van der Waals surface area contributed by atoms with E-state index in [4.69, 9.17) is 0 Å². The number of nitrogens with zero attached hydrogens (tertiary/aromatic N) is 2. The summed E-state index contributed by atoms with van der Waals surface area (Å²) in [6.07, 6.45) is 2.69. The maximum Gasteiger partial charge on any atom is 0.230 e. The molecule has 2 amide bonds. The van der Waals surface area contributed by atoms with Gasteiger partial charge in [-0.05, 0) is 43.4 Å². The van der Waals surface area contributed by atoms with Gasteiger partial charge in [0.1, 0.15) is 0 Å². The highest BCUT2D eigenvalue weighted by molar-refractivity contribution is 6.01. The lowest BCUT2D eigenvalue weighted by Crippen LogP contribution is -2.38. The molecule has 4 heteroatoms. The van der Waals surface area contributed by atoms with Crippen LogP contribution in [0.25, 0.3) is 0 Å². The minimum Gasteiger partial charge on any atom is -0.338 e. The molecule has 1 fully saturated rings. The molecule has 2 aromatic rings. The average Bonchev–Trinajstić information content (AvgIpc) is 3.52. The molecule has 0 aromatic heterocycles. The van der Waals surface area contributed by atoms with Gasteiger partial charge in [-0.1, -0.05) is 48.5 Å². The largest absolute Gasteiger partial charge is 0.338 e. The smallest absolute Gasteiger partial charge is 0.230 e. The van der Waals surface area contributed by atoms with E-state index < -0.39 is 0 Å². The summed E-state index contributed by atoms with van der Waals surface area (Å²) >= 11 is 0. The summed E-state index contributed by atoms with van der Waals surface area (Å²) in [4.78, 5) is 29.8. The van der Waals surface area contributed by atoms with Crippen molar-refractivity contribution >= 4 is 17.5 Å². The van der Waals surface area contributed by atoms with Crippen LogP contribution in [0.1, 0.15) is 30.9 Å². The predicted octanol–water partition coefficient (Wildman–Crippen LogP) is 3.65. The Bertz CT molecular complexity index is 833. The highest BCUT2D eigenvalue weighted by Gasteiger charge is 2.51. The van der Waals surface area contributed by atoms with E-state index in [0.717, 1.165) is 30.6 Å². The molecule has 2 atom stereocenters. The molecule has 4 nitrogen and oxygen atoms in total. The molecule has 0 radical (unpaired) electrons. The molecule has 1 aliphatic heterocycles. The highest BCUT2D eigenvalue weighted by atomic mass is 16.2. The lowest BCUT2D eigenvalue weighted by Gasteiger charge is -2.30. The Morgan fingerprint density at radius 3 is 2.56 bits per heavy atom. The highest BCUT2D eigenvalue weighted by Crippen LogP contribution is 2.43. The molecule has 1 heterocycles. The molecule has 2 aromatic carbocycles. The number of fused-ring (bicyclic) bond motifs is 1. The second-order valence-corrected chi connectivity index (χ2v) is 7.51. The minimum atomic E-state index is -0.159.